The highest BCUT2D eigenvalue weighted by atomic mass is 19.4. The van der Waals surface area contributed by atoms with Gasteiger partial charge in [-0.15, -0.1) is 0 Å². The Morgan fingerprint density at radius 3 is 2.34 bits per heavy atom. The fourth-order valence-corrected chi connectivity index (χ4v) is 3.51. The first-order valence-electron chi connectivity index (χ1n) is 9.99. The van der Waals surface area contributed by atoms with Gasteiger partial charge >= 0.3 is 6.18 Å². The number of nitrogens with one attached hydrogen (secondary N) is 1. The maximum absolute atomic E-state index is 12.8. The van der Waals surface area contributed by atoms with Gasteiger partial charge in [0.15, 0.2) is 0 Å². The van der Waals surface area contributed by atoms with Crippen LogP contribution in [0.2, 0.25) is 0 Å². The van der Waals surface area contributed by atoms with E-state index in [9.17, 15) is 22.8 Å². The number of hydroxylamine groups is 1. The van der Waals surface area contributed by atoms with E-state index in [1.807, 2.05) is 0 Å². The molecule has 0 spiro atoms. The van der Waals surface area contributed by atoms with E-state index in [1.54, 1.807) is 29.2 Å². The topological polar surface area (TPSA) is 82.5 Å². The van der Waals surface area contributed by atoms with Gasteiger partial charge in [-0.2, -0.15) is 13.2 Å². The predicted octanol–water partition coefficient (Wildman–Crippen LogP) is 4.04. The van der Waals surface area contributed by atoms with Gasteiger partial charge in [-0.25, -0.2) is 10.5 Å². The molecule has 0 aliphatic carbocycles. The molecule has 2 N–H and O–H groups in total. The lowest BCUT2D eigenvalue weighted by Gasteiger charge is -2.32. The zero-order valence-electron chi connectivity index (χ0n) is 17.0. The molecule has 2 aromatic rings. The molecular weight excluding hydrogens is 423 g/mol. The first kappa shape index (κ1) is 23.2. The summed E-state index contributed by atoms with van der Waals surface area (Å²) < 4.78 is 38.3. The minimum absolute atomic E-state index is 0.0207. The van der Waals surface area contributed by atoms with Crippen LogP contribution in [0.25, 0.3) is 12.2 Å². The number of carbonyl (C=O) groups excluding carboxylic acids is 2. The molecule has 1 saturated heterocycles. The Morgan fingerprint density at radius 1 is 1.06 bits per heavy atom. The van der Waals surface area contributed by atoms with Crippen LogP contribution in [0, 0.1) is 0 Å². The van der Waals surface area contributed by atoms with Crippen molar-refractivity contribution in [1.29, 1.82) is 0 Å². The van der Waals surface area contributed by atoms with E-state index in [-0.39, 0.29) is 11.8 Å². The number of likely N-dealkylation sites (tertiary alicyclic amines) is 1. The summed E-state index contributed by atoms with van der Waals surface area (Å²) in [4.78, 5) is 29.7. The van der Waals surface area contributed by atoms with Gasteiger partial charge in [-0.05, 0) is 54.8 Å². The van der Waals surface area contributed by atoms with Crippen LogP contribution in [-0.4, -0.2) is 40.0 Å². The molecule has 0 bridgehead atoms. The first-order chi connectivity index (χ1) is 15.3. The van der Waals surface area contributed by atoms with E-state index < -0.39 is 17.6 Å². The lowest BCUT2D eigenvalue weighted by molar-refractivity contribution is -0.137. The third-order valence-corrected chi connectivity index (χ3v) is 5.15. The monoisotopic (exact) mass is 445 g/mol. The summed E-state index contributed by atoms with van der Waals surface area (Å²) in [5.41, 5.74) is 2.57. The Labute approximate surface area is 183 Å². The van der Waals surface area contributed by atoms with Crippen molar-refractivity contribution in [3.8, 4) is 0 Å². The molecule has 1 aromatic carbocycles. The molecule has 2 heterocycles. The standard InChI is InChI=1S/C23H22F3N3O3/c24-23(25,26)18-8-6-16(7-9-18)17-3-2-14-29(15-17)22(31)13-11-20-5-1-4-19(27-20)10-12-21(30)28-32/h1,4-13,17,32H,2-3,14-15H2,(H,28,30)/b12-10+,13-11+. The molecule has 0 radical (unpaired) electrons. The van der Waals surface area contributed by atoms with Crippen LogP contribution in [0.3, 0.4) is 0 Å². The largest absolute Gasteiger partial charge is 0.416 e. The molecule has 1 aliphatic rings. The molecular formula is C23H22F3N3O3. The van der Waals surface area contributed by atoms with Crippen molar-refractivity contribution >= 4 is 24.0 Å². The molecule has 3 rings (SSSR count). The summed E-state index contributed by atoms with van der Waals surface area (Å²) in [6.45, 7) is 1.01. The molecule has 1 fully saturated rings. The number of alkyl halides is 3. The highest BCUT2D eigenvalue weighted by molar-refractivity contribution is 5.92. The van der Waals surface area contributed by atoms with Crippen LogP contribution in [0.5, 0.6) is 0 Å². The molecule has 1 aromatic heterocycles. The van der Waals surface area contributed by atoms with Gasteiger partial charge in [0, 0.05) is 31.2 Å². The molecule has 1 atom stereocenters. The molecule has 32 heavy (non-hydrogen) atoms. The van der Waals surface area contributed by atoms with E-state index in [2.05, 4.69) is 4.98 Å². The van der Waals surface area contributed by atoms with Crippen molar-refractivity contribution in [1.82, 2.24) is 15.4 Å². The van der Waals surface area contributed by atoms with Gasteiger partial charge in [0.25, 0.3) is 5.91 Å². The number of halogens is 3. The Bertz CT molecular complexity index is 1020. The van der Waals surface area contributed by atoms with Gasteiger partial charge in [0.2, 0.25) is 5.91 Å². The molecule has 1 aliphatic heterocycles. The second-order valence-corrected chi connectivity index (χ2v) is 7.37. The van der Waals surface area contributed by atoms with Crippen molar-refractivity contribution in [2.75, 3.05) is 13.1 Å². The SMILES string of the molecule is O=C(/C=C/c1cccc(/C=C/C(=O)N2CCCC(c3ccc(C(F)(F)F)cc3)C2)n1)NO. The molecule has 2 amide bonds. The number of pyridine rings is 1. The Balaban J connectivity index is 1.63. The van der Waals surface area contributed by atoms with Gasteiger partial charge < -0.3 is 4.90 Å². The Kier molecular flexibility index (Phi) is 7.42. The summed E-state index contributed by atoms with van der Waals surface area (Å²) in [6, 6.07) is 10.2. The van der Waals surface area contributed by atoms with Gasteiger partial charge in [0.05, 0.1) is 17.0 Å². The zero-order chi connectivity index (χ0) is 23.1. The second-order valence-electron chi connectivity index (χ2n) is 7.37. The van der Waals surface area contributed by atoms with E-state index in [0.717, 1.165) is 36.6 Å². The molecule has 9 heteroatoms. The van der Waals surface area contributed by atoms with Crippen molar-refractivity contribution in [3.05, 3.63) is 77.1 Å². The number of nitrogens with zero attached hydrogens (tertiary/aromatic N) is 2. The van der Waals surface area contributed by atoms with Crippen molar-refractivity contribution in [3.63, 3.8) is 0 Å². The Morgan fingerprint density at radius 2 is 1.72 bits per heavy atom. The summed E-state index contributed by atoms with van der Waals surface area (Å²) in [5, 5.41) is 8.50. The number of benzene rings is 1. The maximum atomic E-state index is 12.8. The summed E-state index contributed by atoms with van der Waals surface area (Å²) >= 11 is 0. The lowest BCUT2D eigenvalue weighted by atomic mass is 9.90. The third kappa shape index (κ3) is 6.27. The first-order valence-corrected chi connectivity index (χ1v) is 9.99. The fraction of sp³-hybridized carbons (Fsp3) is 0.261. The van der Waals surface area contributed by atoms with Crippen LogP contribution in [-0.2, 0) is 15.8 Å². The number of hydrogen-bond acceptors (Lipinski definition) is 4. The van der Waals surface area contributed by atoms with Crippen molar-refractivity contribution < 1.29 is 28.0 Å². The summed E-state index contributed by atoms with van der Waals surface area (Å²) in [7, 11) is 0. The minimum atomic E-state index is -4.37. The average molecular weight is 445 g/mol. The predicted molar refractivity (Wildman–Crippen MR) is 112 cm³/mol. The van der Waals surface area contributed by atoms with E-state index in [4.69, 9.17) is 5.21 Å². The summed E-state index contributed by atoms with van der Waals surface area (Å²) in [6.07, 6.45) is 2.70. The smallest absolute Gasteiger partial charge is 0.339 e. The van der Waals surface area contributed by atoms with E-state index in [0.29, 0.717) is 24.5 Å². The number of hydrogen-bond donors (Lipinski definition) is 2. The van der Waals surface area contributed by atoms with Gasteiger partial charge in [-0.3, -0.25) is 14.8 Å². The Hall–Kier alpha value is -3.46. The maximum Gasteiger partial charge on any atom is 0.416 e. The number of carbonyl (C=O) groups is 2. The van der Waals surface area contributed by atoms with Crippen LogP contribution in [0.1, 0.15) is 41.3 Å². The lowest BCUT2D eigenvalue weighted by Crippen LogP contribution is -2.38. The number of amides is 2. The number of piperidine rings is 1. The van der Waals surface area contributed by atoms with Crippen LogP contribution in [0.4, 0.5) is 13.2 Å². The second kappa shape index (κ2) is 10.2. The molecule has 0 saturated carbocycles. The van der Waals surface area contributed by atoms with Gasteiger partial charge in [0.1, 0.15) is 0 Å². The number of aromatic nitrogens is 1. The fourth-order valence-electron chi connectivity index (χ4n) is 3.51. The van der Waals surface area contributed by atoms with E-state index in [1.165, 1.54) is 29.8 Å². The highest BCUT2D eigenvalue weighted by Crippen LogP contribution is 2.32. The molecule has 1 unspecified atom stereocenters. The van der Waals surface area contributed by atoms with Crippen LogP contribution in [0.15, 0.2) is 54.6 Å². The quantitative estimate of drug-likeness (QED) is 0.414. The van der Waals surface area contributed by atoms with Crippen LogP contribution >= 0.6 is 0 Å². The highest BCUT2D eigenvalue weighted by Gasteiger charge is 2.31. The third-order valence-electron chi connectivity index (χ3n) is 5.15. The minimum Gasteiger partial charge on any atom is -0.339 e. The summed E-state index contributed by atoms with van der Waals surface area (Å²) in [5.74, 6) is -0.910. The zero-order valence-corrected chi connectivity index (χ0v) is 17.0. The number of rotatable bonds is 5. The molecule has 168 valence electrons. The van der Waals surface area contributed by atoms with Crippen molar-refractivity contribution in [2.24, 2.45) is 0 Å². The van der Waals surface area contributed by atoms with Crippen LogP contribution < -0.4 is 5.48 Å². The molecule has 6 nitrogen and oxygen atoms in total. The van der Waals surface area contributed by atoms with Crippen molar-refractivity contribution in [2.45, 2.75) is 24.9 Å². The van der Waals surface area contributed by atoms with Gasteiger partial charge in [-0.1, -0.05) is 18.2 Å². The normalized spacial score (nSPS) is 17.1. The van der Waals surface area contributed by atoms with E-state index >= 15 is 0 Å². The average Bonchev–Trinajstić information content (AvgIpc) is 2.81.